The lowest BCUT2D eigenvalue weighted by molar-refractivity contribution is 1.48. The second kappa shape index (κ2) is 4.80. The maximum absolute atomic E-state index is 2.24. The van der Waals surface area contributed by atoms with E-state index in [1.165, 1.54) is 22.3 Å². The van der Waals surface area contributed by atoms with Crippen molar-refractivity contribution in [2.75, 3.05) is 0 Å². The molecule has 0 aliphatic carbocycles. The van der Waals surface area contributed by atoms with Gasteiger partial charge in [0, 0.05) is 0 Å². The lowest BCUT2D eigenvalue weighted by atomic mass is 10.0. The molecule has 0 N–H and O–H groups in total. The molecule has 0 aliphatic heterocycles. The van der Waals surface area contributed by atoms with Crippen molar-refractivity contribution in [3.8, 4) is 0 Å². The van der Waals surface area contributed by atoms with E-state index < -0.39 is 0 Å². The minimum Gasteiger partial charge on any atom is -0.0841 e. The summed E-state index contributed by atoms with van der Waals surface area (Å²) in [7, 11) is 0. The first-order chi connectivity index (χ1) is 6.69. The number of rotatable bonds is 2. The van der Waals surface area contributed by atoms with E-state index >= 15 is 0 Å². The first-order valence-electron chi connectivity index (χ1n) is 5.05. The number of allylic oxidation sites excluding steroid dienone is 4. The quantitative estimate of drug-likeness (QED) is 0.636. The van der Waals surface area contributed by atoms with Crippen LogP contribution in [-0.4, -0.2) is 0 Å². The predicted octanol–water partition coefficient (Wildman–Crippen LogP) is 4.53. The SMILES string of the molecule is C/C=C(\C)c1cccc(/C(C)=C/C)c1. The van der Waals surface area contributed by atoms with Crippen LogP contribution in [0.2, 0.25) is 0 Å². The fraction of sp³-hybridized carbons (Fsp3) is 0.286. The van der Waals surface area contributed by atoms with Crippen molar-refractivity contribution in [3.05, 3.63) is 47.5 Å². The molecule has 0 nitrogen and oxygen atoms in total. The smallest absolute Gasteiger partial charge is 0.0225 e. The van der Waals surface area contributed by atoms with Crippen LogP contribution in [0.15, 0.2) is 36.4 Å². The van der Waals surface area contributed by atoms with Crippen molar-refractivity contribution in [2.45, 2.75) is 27.7 Å². The van der Waals surface area contributed by atoms with Crippen LogP contribution in [0.1, 0.15) is 38.8 Å². The highest BCUT2D eigenvalue weighted by atomic mass is 14.0. The van der Waals surface area contributed by atoms with Crippen molar-refractivity contribution in [1.82, 2.24) is 0 Å². The normalized spacial score (nSPS) is 13.1. The van der Waals surface area contributed by atoms with Crippen molar-refractivity contribution < 1.29 is 0 Å². The van der Waals surface area contributed by atoms with E-state index in [0.29, 0.717) is 0 Å². The molecule has 0 aromatic heterocycles. The average molecular weight is 186 g/mol. The Morgan fingerprint density at radius 1 is 0.929 bits per heavy atom. The molecule has 0 unspecified atom stereocenters. The molecule has 14 heavy (non-hydrogen) atoms. The van der Waals surface area contributed by atoms with E-state index in [9.17, 15) is 0 Å². The van der Waals surface area contributed by atoms with Gasteiger partial charge in [-0.1, -0.05) is 30.4 Å². The highest BCUT2D eigenvalue weighted by molar-refractivity contribution is 5.70. The van der Waals surface area contributed by atoms with E-state index in [1.807, 2.05) is 0 Å². The Morgan fingerprint density at radius 2 is 1.36 bits per heavy atom. The fourth-order valence-electron chi connectivity index (χ4n) is 1.34. The van der Waals surface area contributed by atoms with Crippen LogP contribution >= 0.6 is 0 Å². The van der Waals surface area contributed by atoms with Gasteiger partial charge in [-0.05, 0) is 56.0 Å². The molecule has 0 bridgehead atoms. The molecular weight excluding hydrogens is 168 g/mol. The third kappa shape index (κ3) is 2.35. The molecule has 0 radical (unpaired) electrons. The second-order valence-electron chi connectivity index (χ2n) is 3.52. The summed E-state index contributed by atoms with van der Waals surface area (Å²) in [6.45, 7) is 8.43. The highest BCUT2D eigenvalue weighted by Gasteiger charge is 1.97. The lowest BCUT2D eigenvalue weighted by Crippen LogP contribution is -1.83. The molecule has 0 aliphatic rings. The Labute approximate surface area is 87.0 Å². The van der Waals surface area contributed by atoms with Crippen molar-refractivity contribution in [1.29, 1.82) is 0 Å². The van der Waals surface area contributed by atoms with Gasteiger partial charge in [0.1, 0.15) is 0 Å². The van der Waals surface area contributed by atoms with Gasteiger partial charge in [-0.3, -0.25) is 0 Å². The minimum atomic E-state index is 1.31. The van der Waals surface area contributed by atoms with Crippen LogP contribution in [0, 0.1) is 0 Å². The number of hydrogen-bond acceptors (Lipinski definition) is 0. The molecule has 0 heteroatoms. The summed E-state index contributed by atoms with van der Waals surface area (Å²) in [5.41, 5.74) is 5.28. The highest BCUT2D eigenvalue weighted by Crippen LogP contribution is 2.19. The maximum Gasteiger partial charge on any atom is -0.0225 e. The number of benzene rings is 1. The van der Waals surface area contributed by atoms with Gasteiger partial charge in [0.05, 0.1) is 0 Å². The van der Waals surface area contributed by atoms with E-state index in [1.54, 1.807) is 0 Å². The maximum atomic E-state index is 2.24. The number of hydrogen-bond donors (Lipinski definition) is 0. The van der Waals surface area contributed by atoms with Gasteiger partial charge < -0.3 is 0 Å². The van der Waals surface area contributed by atoms with Crippen LogP contribution in [0.25, 0.3) is 11.1 Å². The van der Waals surface area contributed by atoms with Crippen LogP contribution in [0.4, 0.5) is 0 Å². The minimum absolute atomic E-state index is 1.31. The predicted molar refractivity (Wildman–Crippen MR) is 65.1 cm³/mol. The van der Waals surface area contributed by atoms with Crippen LogP contribution in [0.3, 0.4) is 0 Å². The van der Waals surface area contributed by atoms with Gasteiger partial charge in [0.2, 0.25) is 0 Å². The standard InChI is InChI=1S/C14H18/c1-5-11(3)13-8-7-9-14(10-13)12(4)6-2/h5-10H,1-4H3/b11-5+,12-6+. The molecule has 0 spiro atoms. The van der Waals surface area contributed by atoms with Gasteiger partial charge in [-0.2, -0.15) is 0 Å². The molecule has 0 atom stereocenters. The van der Waals surface area contributed by atoms with Crippen LogP contribution in [-0.2, 0) is 0 Å². The topological polar surface area (TPSA) is 0 Å². The summed E-state index contributed by atoms with van der Waals surface area (Å²) in [4.78, 5) is 0. The average Bonchev–Trinajstić information content (AvgIpc) is 2.27. The zero-order chi connectivity index (χ0) is 10.6. The summed E-state index contributed by atoms with van der Waals surface area (Å²) >= 11 is 0. The van der Waals surface area contributed by atoms with Crippen molar-refractivity contribution in [2.24, 2.45) is 0 Å². The lowest BCUT2D eigenvalue weighted by Gasteiger charge is -2.05. The Hall–Kier alpha value is -1.30. The summed E-state index contributed by atoms with van der Waals surface area (Å²) in [5, 5.41) is 0. The summed E-state index contributed by atoms with van der Waals surface area (Å²) in [6.07, 6.45) is 4.29. The van der Waals surface area contributed by atoms with Crippen LogP contribution in [0.5, 0.6) is 0 Å². The first-order valence-corrected chi connectivity index (χ1v) is 5.05. The van der Waals surface area contributed by atoms with E-state index in [2.05, 4.69) is 64.1 Å². The van der Waals surface area contributed by atoms with E-state index in [4.69, 9.17) is 0 Å². The monoisotopic (exact) mass is 186 g/mol. The molecule has 0 saturated heterocycles. The molecule has 0 saturated carbocycles. The zero-order valence-electron chi connectivity index (χ0n) is 9.46. The van der Waals surface area contributed by atoms with Gasteiger partial charge in [-0.25, -0.2) is 0 Å². The molecule has 0 amide bonds. The Balaban J connectivity index is 3.14. The zero-order valence-corrected chi connectivity index (χ0v) is 9.46. The third-order valence-electron chi connectivity index (χ3n) is 2.64. The summed E-state index contributed by atoms with van der Waals surface area (Å²) < 4.78 is 0. The molecule has 74 valence electrons. The van der Waals surface area contributed by atoms with Crippen molar-refractivity contribution >= 4 is 11.1 Å². The molecule has 1 rings (SSSR count). The van der Waals surface area contributed by atoms with Crippen LogP contribution < -0.4 is 0 Å². The fourth-order valence-corrected chi connectivity index (χ4v) is 1.34. The molecular formula is C14H18. The summed E-state index contributed by atoms with van der Waals surface area (Å²) in [6, 6.07) is 8.67. The summed E-state index contributed by atoms with van der Waals surface area (Å²) in [5.74, 6) is 0. The van der Waals surface area contributed by atoms with Gasteiger partial charge >= 0.3 is 0 Å². The van der Waals surface area contributed by atoms with Crippen molar-refractivity contribution in [3.63, 3.8) is 0 Å². The Bertz CT molecular complexity index is 334. The first kappa shape index (κ1) is 10.8. The molecule has 1 aromatic rings. The molecule has 1 aromatic carbocycles. The van der Waals surface area contributed by atoms with Gasteiger partial charge in [0.15, 0.2) is 0 Å². The molecule has 0 heterocycles. The second-order valence-corrected chi connectivity index (χ2v) is 3.52. The third-order valence-corrected chi connectivity index (χ3v) is 2.64. The van der Waals surface area contributed by atoms with E-state index in [-0.39, 0.29) is 0 Å². The Kier molecular flexibility index (Phi) is 3.70. The largest absolute Gasteiger partial charge is 0.0841 e. The molecule has 0 fully saturated rings. The van der Waals surface area contributed by atoms with Gasteiger partial charge in [-0.15, -0.1) is 0 Å². The van der Waals surface area contributed by atoms with Gasteiger partial charge in [0.25, 0.3) is 0 Å². The van der Waals surface area contributed by atoms with E-state index in [0.717, 1.165) is 0 Å². The Morgan fingerprint density at radius 3 is 1.71 bits per heavy atom.